The molecule has 0 aliphatic heterocycles. The predicted molar refractivity (Wildman–Crippen MR) is 255 cm³/mol. The van der Waals surface area contributed by atoms with Crippen molar-refractivity contribution in [3.63, 3.8) is 0 Å². The molecule has 0 unspecified atom stereocenters. The molecule has 0 fully saturated rings. The van der Waals surface area contributed by atoms with Crippen LogP contribution in [0.3, 0.4) is 0 Å². The van der Waals surface area contributed by atoms with Gasteiger partial charge in [0.2, 0.25) is 0 Å². The van der Waals surface area contributed by atoms with Crippen LogP contribution in [-0.4, -0.2) is 75.6 Å². The van der Waals surface area contributed by atoms with Crippen LogP contribution in [0.25, 0.3) is 41.1 Å². The van der Waals surface area contributed by atoms with Crippen LogP contribution in [0.5, 0.6) is 34.5 Å². The van der Waals surface area contributed by atoms with E-state index < -0.39 is 0 Å². The Morgan fingerprint density at radius 1 is 0.469 bits per heavy atom. The number of rotatable bonds is 18. The first-order chi connectivity index (χ1) is 31.2. The fraction of sp³-hybridized carbons (Fsp3) is 0.192. The minimum absolute atomic E-state index is 0.0295. The number of methoxy groups -OCH3 is 2. The average Bonchev–Trinajstić information content (AvgIpc) is 3.90. The number of carbonyl (C=O) groups is 2. The summed E-state index contributed by atoms with van der Waals surface area (Å²) in [6, 6.07) is 39.7. The number of hydrogen-bond acceptors (Lipinski definition) is 12. The van der Waals surface area contributed by atoms with Crippen LogP contribution >= 0.6 is 22.7 Å². The molecular weight excluding hydrogens is 849 g/mol. The van der Waals surface area contributed by atoms with Crippen molar-refractivity contribution in [2.45, 2.75) is 13.8 Å². The highest BCUT2D eigenvalue weighted by Crippen LogP contribution is 2.43. The number of aromatic hydroxyl groups is 2. The van der Waals surface area contributed by atoms with Crippen LogP contribution in [-0.2, 0) is 9.47 Å². The first-order valence-corrected chi connectivity index (χ1v) is 22.3. The second kappa shape index (κ2) is 21.6. The lowest BCUT2D eigenvalue weighted by Crippen LogP contribution is -2.07. The molecule has 64 heavy (non-hydrogen) atoms. The van der Waals surface area contributed by atoms with E-state index in [2.05, 4.69) is 0 Å². The molecule has 0 saturated heterocycles. The molecule has 0 atom stereocenters. The Kier molecular flexibility index (Phi) is 15.3. The summed E-state index contributed by atoms with van der Waals surface area (Å²) >= 11 is 3.02. The number of ketones is 2. The van der Waals surface area contributed by atoms with E-state index in [1.165, 1.54) is 11.3 Å². The van der Waals surface area contributed by atoms with Gasteiger partial charge in [0, 0.05) is 65.4 Å². The molecule has 2 aromatic heterocycles. The molecule has 0 saturated carbocycles. The number of hydrogen-bond donors (Lipinski definition) is 2. The van der Waals surface area contributed by atoms with Gasteiger partial charge in [-0.2, -0.15) is 0 Å². The Balaban J connectivity index is 0.000000192. The minimum Gasteiger partial charge on any atom is -0.508 e. The number of carbonyl (C=O) groups excluding carboxylic acids is 2. The minimum atomic E-state index is -0.110. The fourth-order valence-corrected chi connectivity index (χ4v) is 9.39. The summed E-state index contributed by atoms with van der Waals surface area (Å²) in [7, 11) is 3.28. The van der Waals surface area contributed by atoms with Crippen LogP contribution in [0.4, 0.5) is 0 Å². The van der Waals surface area contributed by atoms with Crippen molar-refractivity contribution in [1.82, 2.24) is 0 Å². The Hall–Kier alpha value is -6.70. The van der Waals surface area contributed by atoms with Gasteiger partial charge < -0.3 is 38.6 Å². The van der Waals surface area contributed by atoms with Gasteiger partial charge in [-0.1, -0.05) is 0 Å². The van der Waals surface area contributed by atoms with Gasteiger partial charge in [-0.15, -0.1) is 22.7 Å². The van der Waals surface area contributed by atoms with Gasteiger partial charge >= 0.3 is 0 Å². The summed E-state index contributed by atoms with van der Waals surface area (Å²) in [6.45, 7) is 7.16. The highest BCUT2D eigenvalue weighted by Gasteiger charge is 2.24. The highest BCUT2D eigenvalue weighted by molar-refractivity contribution is 7.23. The number of benzene rings is 6. The van der Waals surface area contributed by atoms with E-state index >= 15 is 0 Å². The second-order valence-corrected chi connectivity index (χ2v) is 16.3. The molecule has 0 aliphatic carbocycles. The van der Waals surface area contributed by atoms with Gasteiger partial charge in [-0.05, 0) is 158 Å². The Morgan fingerprint density at radius 3 is 1.34 bits per heavy atom. The second-order valence-electron chi connectivity index (χ2n) is 14.2. The zero-order valence-electron chi connectivity index (χ0n) is 35.9. The molecule has 8 aromatic rings. The number of thiophene rings is 2. The van der Waals surface area contributed by atoms with Gasteiger partial charge in [-0.3, -0.25) is 9.59 Å². The molecule has 0 bridgehead atoms. The van der Waals surface area contributed by atoms with Crippen molar-refractivity contribution in [2.75, 3.05) is 53.9 Å². The number of phenolic OH excluding ortho intramolecular Hbond substituents is 2. The summed E-state index contributed by atoms with van der Waals surface area (Å²) in [4.78, 5) is 28.9. The third kappa shape index (κ3) is 10.7. The molecule has 0 aliphatic rings. The lowest BCUT2D eigenvalue weighted by molar-refractivity contribution is 0.103. The van der Waals surface area contributed by atoms with Gasteiger partial charge in [0.05, 0.1) is 27.4 Å². The number of phenols is 2. The van der Waals surface area contributed by atoms with Crippen LogP contribution in [0, 0.1) is 0 Å². The summed E-state index contributed by atoms with van der Waals surface area (Å²) in [5, 5.41) is 21.2. The smallest absolute Gasteiger partial charge is 0.195 e. The quantitative estimate of drug-likeness (QED) is 0.0634. The molecule has 10 nitrogen and oxygen atoms in total. The summed E-state index contributed by atoms with van der Waals surface area (Å²) in [5.41, 5.74) is 4.22. The van der Waals surface area contributed by atoms with Crippen molar-refractivity contribution >= 4 is 54.4 Å². The van der Waals surface area contributed by atoms with Crippen molar-refractivity contribution in [1.29, 1.82) is 0 Å². The van der Waals surface area contributed by atoms with Crippen LogP contribution in [0.15, 0.2) is 133 Å². The van der Waals surface area contributed by atoms with E-state index in [0.717, 1.165) is 52.6 Å². The SMILES string of the molecule is CCOCCOc1ccc(C(=O)c2c(-c3ccc(O)cc3)sc3cc(O)ccc23)cc1.CCOCCOc1ccc(C(=O)c2c(-c3ccc(OC)cc3)sc3cc(OC)ccc23)cc1. The van der Waals surface area contributed by atoms with E-state index in [9.17, 15) is 19.8 Å². The van der Waals surface area contributed by atoms with Crippen molar-refractivity contribution in [3.8, 4) is 55.4 Å². The summed E-state index contributed by atoms with van der Waals surface area (Å²) in [6.07, 6.45) is 0. The molecule has 0 radical (unpaired) electrons. The molecule has 6 aromatic carbocycles. The summed E-state index contributed by atoms with van der Waals surface area (Å²) < 4.78 is 34.4. The topological polar surface area (TPSA) is 130 Å². The number of ether oxygens (including phenoxy) is 6. The Morgan fingerprint density at radius 2 is 0.875 bits per heavy atom. The van der Waals surface area contributed by atoms with Crippen molar-refractivity contribution in [2.24, 2.45) is 0 Å². The molecular formula is C52H48O10S2. The third-order valence-electron chi connectivity index (χ3n) is 10.1. The lowest BCUT2D eigenvalue weighted by Gasteiger charge is -2.09. The maximum Gasteiger partial charge on any atom is 0.195 e. The van der Waals surface area contributed by atoms with E-state index in [0.29, 0.717) is 73.4 Å². The zero-order valence-corrected chi connectivity index (χ0v) is 37.6. The maximum absolute atomic E-state index is 13.7. The van der Waals surface area contributed by atoms with Crippen molar-refractivity contribution < 1.29 is 48.2 Å². The standard InChI is InChI=1S/C27H26O5S.C25H22O5S/c1-4-31-15-16-32-21-11-5-18(6-12-21)26(28)25-23-14-13-22(30-3)17-24(23)33-27(25)19-7-9-20(29-2)10-8-19;1-2-29-13-14-30-20-10-5-16(6-11-20)24(28)23-21-12-9-19(27)15-22(21)31-25(23)17-3-7-18(26)8-4-17/h5-14,17H,4,15-16H2,1-3H3;3-12,15,26-27H,2,13-14H2,1H3. The van der Waals surface area contributed by atoms with Crippen LogP contribution < -0.4 is 18.9 Å². The van der Waals surface area contributed by atoms with Crippen LogP contribution in [0.2, 0.25) is 0 Å². The largest absolute Gasteiger partial charge is 0.508 e. The van der Waals surface area contributed by atoms with Crippen molar-refractivity contribution in [3.05, 3.63) is 156 Å². The molecule has 0 spiro atoms. The van der Waals surface area contributed by atoms with Gasteiger partial charge in [0.25, 0.3) is 0 Å². The van der Waals surface area contributed by atoms with Gasteiger partial charge in [0.15, 0.2) is 11.6 Å². The molecule has 328 valence electrons. The monoisotopic (exact) mass is 896 g/mol. The van der Waals surface area contributed by atoms with E-state index in [1.54, 1.807) is 92.3 Å². The molecule has 8 rings (SSSR count). The van der Waals surface area contributed by atoms with E-state index in [-0.39, 0.29) is 23.1 Å². The molecule has 0 amide bonds. The Bertz CT molecular complexity index is 2810. The normalized spacial score (nSPS) is 10.9. The lowest BCUT2D eigenvalue weighted by atomic mass is 9.97. The highest BCUT2D eigenvalue weighted by atomic mass is 32.1. The van der Waals surface area contributed by atoms with Gasteiger partial charge in [0.1, 0.15) is 47.7 Å². The molecule has 12 heteroatoms. The fourth-order valence-electron chi connectivity index (χ4n) is 6.92. The average molecular weight is 897 g/mol. The zero-order chi connectivity index (χ0) is 45.0. The maximum atomic E-state index is 13.7. The first-order valence-electron chi connectivity index (χ1n) is 20.7. The van der Waals surface area contributed by atoms with Crippen LogP contribution in [0.1, 0.15) is 45.7 Å². The molecule has 2 heterocycles. The summed E-state index contributed by atoms with van der Waals surface area (Å²) in [5.74, 6) is 3.09. The predicted octanol–water partition coefficient (Wildman–Crippen LogP) is 11.9. The number of fused-ring (bicyclic) bond motifs is 2. The molecule has 2 N–H and O–H groups in total. The van der Waals surface area contributed by atoms with Gasteiger partial charge in [-0.25, -0.2) is 0 Å². The van der Waals surface area contributed by atoms with E-state index in [1.807, 2.05) is 80.6 Å². The third-order valence-corrected chi connectivity index (χ3v) is 12.5. The first kappa shape index (κ1) is 45.3. The Labute approximate surface area is 379 Å². The van der Waals surface area contributed by atoms with E-state index in [4.69, 9.17) is 28.4 Å².